The zero-order valence-electron chi connectivity index (χ0n) is 9.93. The average molecular weight is 251 g/mol. The summed E-state index contributed by atoms with van der Waals surface area (Å²) < 4.78 is 5.54. The molecule has 2 rings (SSSR count). The lowest BCUT2D eigenvalue weighted by atomic mass is 10.2. The summed E-state index contributed by atoms with van der Waals surface area (Å²) in [5, 5.41) is 0. The number of thiol groups is 1. The van der Waals surface area contributed by atoms with Crippen LogP contribution < -0.4 is 0 Å². The van der Waals surface area contributed by atoms with Crippen LogP contribution in [0.5, 0.6) is 0 Å². The fourth-order valence-corrected chi connectivity index (χ4v) is 2.26. The van der Waals surface area contributed by atoms with Crippen molar-refractivity contribution in [3.8, 4) is 0 Å². The van der Waals surface area contributed by atoms with E-state index < -0.39 is 0 Å². The highest BCUT2D eigenvalue weighted by Crippen LogP contribution is 2.17. The number of amides is 1. The molecule has 0 N–H and O–H groups in total. The third-order valence-electron chi connectivity index (χ3n) is 2.87. The maximum Gasteiger partial charge on any atom is 0.255 e. The highest BCUT2D eigenvalue weighted by atomic mass is 32.1. The second-order valence-corrected chi connectivity index (χ2v) is 4.79. The molecule has 0 aromatic heterocycles. The first-order valence-corrected chi connectivity index (χ1v) is 6.32. The van der Waals surface area contributed by atoms with E-state index in [1.54, 1.807) is 0 Å². The van der Waals surface area contributed by atoms with Crippen molar-refractivity contribution < 1.29 is 9.53 Å². The Morgan fingerprint density at radius 3 is 3.00 bits per heavy atom. The van der Waals surface area contributed by atoms with Gasteiger partial charge in [-0.3, -0.25) is 4.79 Å². The molecule has 92 valence electrons. The number of carbonyl (C=O) groups excluding carboxylic acids is 1. The average Bonchev–Trinajstić information content (AvgIpc) is 2.54. The molecule has 1 aromatic carbocycles. The van der Waals surface area contributed by atoms with Gasteiger partial charge in [-0.05, 0) is 25.5 Å². The van der Waals surface area contributed by atoms with Crippen LogP contribution in [-0.4, -0.2) is 36.6 Å². The first-order chi connectivity index (χ1) is 8.18. The quantitative estimate of drug-likeness (QED) is 0.776. The fraction of sp³-hybridized carbons (Fsp3) is 0.462. The van der Waals surface area contributed by atoms with Crippen molar-refractivity contribution in [3.05, 3.63) is 29.8 Å². The van der Waals surface area contributed by atoms with Crippen LogP contribution in [0.1, 0.15) is 23.7 Å². The minimum Gasteiger partial charge on any atom is -0.377 e. The van der Waals surface area contributed by atoms with Crippen molar-refractivity contribution in [2.24, 2.45) is 0 Å². The number of carbonyl (C=O) groups is 1. The molecule has 0 saturated carbocycles. The van der Waals surface area contributed by atoms with Gasteiger partial charge >= 0.3 is 0 Å². The third-order valence-corrected chi connectivity index (χ3v) is 3.26. The van der Waals surface area contributed by atoms with Crippen molar-refractivity contribution in [1.29, 1.82) is 0 Å². The molecule has 1 atom stereocenters. The summed E-state index contributed by atoms with van der Waals surface area (Å²) in [4.78, 5) is 14.9. The standard InChI is InChI=1S/C13H17NO2S/c1-10-9-14(7-4-8-16-10)13(15)11-5-2-3-6-12(11)17/h2-3,5-6,10,17H,4,7-9H2,1H3. The third kappa shape index (κ3) is 3.01. The lowest BCUT2D eigenvalue weighted by molar-refractivity contribution is 0.0561. The molecular weight excluding hydrogens is 234 g/mol. The van der Waals surface area contributed by atoms with Gasteiger partial charge in [-0.15, -0.1) is 12.6 Å². The molecule has 0 bridgehead atoms. The minimum absolute atomic E-state index is 0.0490. The van der Waals surface area contributed by atoms with Crippen LogP contribution in [0.3, 0.4) is 0 Å². The predicted molar refractivity (Wildman–Crippen MR) is 69.6 cm³/mol. The highest BCUT2D eigenvalue weighted by Gasteiger charge is 2.21. The Bertz CT molecular complexity index is 408. The van der Waals surface area contributed by atoms with E-state index in [9.17, 15) is 4.79 Å². The topological polar surface area (TPSA) is 29.5 Å². The van der Waals surface area contributed by atoms with Gasteiger partial charge < -0.3 is 9.64 Å². The maximum absolute atomic E-state index is 12.3. The summed E-state index contributed by atoms with van der Waals surface area (Å²) in [6.07, 6.45) is 0.999. The van der Waals surface area contributed by atoms with Gasteiger partial charge in [-0.1, -0.05) is 12.1 Å². The van der Waals surface area contributed by atoms with Gasteiger partial charge in [0.05, 0.1) is 11.7 Å². The number of rotatable bonds is 1. The molecule has 1 aliphatic rings. The number of hydrogen-bond donors (Lipinski definition) is 1. The first-order valence-electron chi connectivity index (χ1n) is 5.87. The van der Waals surface area contributed by atoms with E-state index >= 15 is 0 Å². The Morgan fingerprint density at radius 2 is 2.24 bits per heavy atom. The van der Waals surface area contributed by atoms with Crippen LogP contribution in [0.4, 0.5) is 0 Å². The molecule has 0 radical (unpaired) electrons. The predicted octanol–water partition coefficient (Wildman–Crippen LogP) is 2.23. The molecule has 1 aromatic rings. The van der Waals surface area contributed by atoms with E-state index in [2.05, 4.69) is 12.6 Å². The second-order valence-electron chi connectivity index (χ2n) is 4.30. The summed E-state index contributed by atoms with van der Waals surface area (Å²) in [5.41, 5.74) is 0.671. The Kier molecular flexibility index (Phi) is 4.07. The zero-order chi connectivity index (χ0) is 12.3. The number of hydrogen-bond acceptors (Lipinski definition) is 3. The van der Waals surface area contributed by atoms with Crippen molar-refractivity contribution in [2.45, 2.75) is 24.3 Å². The van der Waals surface area contributed by atoms with E-state index in [0.29, 0.717) is 12.1 Å². The lowest BCUT2D eigenvalue weighted by Crippen LogP contribution is -2.36. The smallest absolute Gasteiger partial charge is 0.255 e. The van der Waals surface area contributed by atoms with Crippen LogP contribution >= 0.6 is 12.6 Å². The van der Waals surface area contributed by atoms with E-state index in [1.807, 2.05) is 36.1 Å². The maximum atomic E-state index is 12.3. The van der Waals surface area contributed by atoms with Gasteiger partial charge in [0.25, 0.3) is 5.91 Å². The van der Waals surface area contributed by atoms with Crippen LogP contribution in [0.25, 0.3) is 0 Å². The summed E-state index contributed by atoms with van der Waals surface area (Å²) in [6.45, 7) is 4.14. The molecule has 1 saturated heterocycles. The first kappa shape index (κ1) is 12.5. The monoisotopic (exact) mass is 251 g/mol. The molecule has 1 unspecified atom stereocenters. The normalized spacial score (nSPS) is 21.1. The molecule has 1 aliphatic heterocycles. The van der Waals surface area contributed by atoms with Crippen molar-refractivity contribution >= 4 is 18.5 Å². The number of benzene rings is 1. The van der Waals surface area contributed by atoms with Crippen LogP contribution in [0.15, 0.2) is 29.2 Å². The molecule has 1 amide bonds. The van der Waals surface area contributed by atoms with E-state index in [0.717, 1.165) is 24.5 Å². The summed E-state index contributed by atoms with van der Waals surface area (Å²) >= 11 is 4.33. The van der Waals surface area contributed by atoms with E-state index in [4.69, 9.17) is 4.74 Å². The van der Waals surface area contributed by atoms with Gasteiger partial charge in [0, 0.05) is 24.6 Å². The molecule has 4 heteroatoms. The van der Waals surface area contributed by atoms with Crippen LogP contribution in [0, 0.1) is 0 Å². The fourth-order valence-electron chi connectivity index (χ4n) is 2.00. The summed E-state index contributed by atoms with van der Waals surface area (Å²) in [6, 6.07) is 7.41. The SMILES string of the molecule is CC1CN(C(=O)c2ccccc2S)CCCO1. The van der Waals surface area contributed by atoms with E-state index in [-0.39, 0.29) is 12.0 Å². The van der Waals surface area contributed by atoms with Crippen LogP contribution in [-0.2, 0) is 4.74 Å². The Balaban J connectivity index is 2.16. The Hall–Kier alpha value is -1.00. The summed E-state index contributed by atoms with van der Waals surface area (Å²) in [7, 11) is 0. The van der Waals surface area contributed by atoms with Crippen LogP contribution in [0.2, 0.25) is 0 Å². The molecule has 1 fully saturated rings. The van der Waals surface area contributed by atoms with Crippen molar-refractivity contribution in [2.75, 3.05) is 19.7 Å². The summed E-state index contributed by atoms with van der Waals surface area (Å²) in [5.74, 6) is 0.0490. The largest absolute Gasteiger partial charge is 0.377 e. The van der Waals surface area contributed by atoms with Gasteiger partial charge in [0.2, 0.25) is 0 Å². The van der Waals surface area contributed by atoms with Gasteiger partial charge in [0.1, 0.15) is 0 Å². The highest BCUT2D eigenvalue weighted by molar-refractivity contribution is 7.80. The molecule has 17 heavy (non-hydrogen) atoms. The number of nitrogens with zero attached hydrogens (tertiary/aromatic N) is 1. The number of ether oxygens (including phenoxy) is 1. The van der Waals surface area contributed by atoms with Crippen molar-refractivity contribution in [3.63, 3.8) is 0 Å². The van der Waals surface area contributed by atoms with Crippen molar-refractivity contribution in [1.82, 2.24) is 4.90 Å². The second kappa shape index (κ2) is 5.56. The Morgan fingerprint density at radius 1 is 1.47 bits per heavy atom. The Labute approximate surface area is 107 Å². The molecule has 0 aliphatic carbocycles. The molecule has 0 spiro atoms. The lowest BCUT2D eigenvalue weighted by Gasteiger charge is -2.22. The molecular formula is C13H17NO2S. The molecule has 3 nitrogen and oxygen atoms in total. The van der Waals surface area contributed by atoms with Gasteiger partial charge in [-0.2, -0.15) is 0 Å². The minimum atomic E-state index is 0.0490. The molecule has 1 heterocycles. The zero-order valence-corrected chi connectivity index (χ0v) is 10.8. The van der Waals surface area contributed by atoms with Gasteiger partial charge in [0.15, 0.2) is 0 Å². The van der Waals surface area contributed by atoms with E-state index in [1.165, 1.54) is 0 Å². The van der Waals surface area contributed by atoms with Gasteiger partial charge in [-0.25, -0.2) is 0 Å².